The van der Waals surface area contributed by atoms with E-state index >= 15 is 0 Å². The van der Waals surface area contributed by atoms with E-state index < -0.39 is 60.2 Å². The Morgan fingerprint density at radius 3 is 2.31 bits per heavy atom. The van der Waals surface area contributed by atoms with Gasteiger partial charge in [-0.2, -0.15) is 13.2 Å². The molecule has 3 rings (SSSR count). The van der Waals surface area contributed by atoms with Crippen LogP contribution in [0.25, 0.3) is 11.3 Å². The average Bonchev–Trinajstić information content (AvgIpc) is 2.87. The number of pyridine rings is 2. The molecule has 8 nitrogen and oxygen atoms in total. The van der Waals surface area contributed by atoms with Crippen LogP contribution in [0.2, 0.25) is 0 Å². The number of hydrogen-bond donors (Lipinski definition) is 3. The SMILES string of the molecule is CCOc1c(CC(N)=O)cc([C@@](O)(CNC(=O)c2ccc(C(F)F)nc2)C(F)(F)F)nc1-c1ccc(F)cc1. The van der Waals surface area contributed by atoms with E-state index in [2.05, 4.69) is 9.97 Å². The van der Waals surface area contributed by atoms with Crippen LogP contribution in [0, 0.1) is 5.82 Å². The van der Waals surface area contributed by atoms with Crippen molar-refractivity contribution < 1.29 is 45.8 Å². The van der Waals surface area contributed by atoms with Crippen molar-refractivity contribution >= 4 is 11.8 Å². The number of carbonyl (C=O) groups excluding carboxylic acids is 2. The first-order chi connectivity index (χ1) is 18.3. The van der Waals surface area contributed by atoms with Gasteiger partial charge in [0.05, 0.1) is 30.8 Å². The Balaban J connectivity index is 2.10. The second-order valence-corrected chi connectivity index (χ2v) is 8.24. The fourth-order valence-electron chi connectivity index (χ4n) is 3.54. The van der Waals surface area contributed by atoms with Crippen LogP contribution in [0.4, 0.5) is 26.3 Å². The summed E-state index contributed by atoms with van der Waals surface area (Å²) in [4.78, 5) is 31.5. The summed E-state index contributed by atoms with van der Waals surface area (Å²) in [6.07, 6.45) is -8.19. The first kappa shape index (κ1) is 29.4. The molecule has 0 saturated heterocycles. The molecule has 208 valence electrons. The molecule has 2 heterocycles. The molecule has 1 atom stereocenters. The molecule has 2 amide bonds. The minimum Gasteiger partial charge on any atom is -0.491 e. The standard InChI is InChI=1S/C25H22F6N4O4/c1-2-39-21-15(10-19(32)36)9-18(35-20(21)13-3-6-16(26)7-4-13)24(38,25(29,30)31)12-34-23(37)14-5-8-17(22(27)28)33-11-14/h3-9,11,22,38H,2,10,12H2,1H3,(H2,32,36)(H,34,37)/t24-/m0/s1. The zero-order valence-electron chi connectivity index (χ0n) is 20.2. The molecule has 2 aromatic heterocycles. The van der Waals surface area contributed by atoms with E-state index in [4.69, 9.17) is 10.5 Å². The van der Waals surface area contributed by atoms with Crippen molar-refractivity contribution in [3.05, 3.63) is 77.0 Å². The van der Waals surface area contributed by atoms with Crippen LogP contribution in [-0.2, 0) is 16.8 Å². The number of amides is 2. The van der Waals surface area contributed by atoms with Crippen LogP contribution >= 0.6 is 0 Å². The van der Waals surface area contributed by atoms with Crippen molar-refractivity contribution in [2.24, 2.45) is 5.73 Å². The smallest absolute Gasteiger partial charge is 0.424 e. The maximum absolute atomic E-state index is 14.3. The molecule has 0 aliphatic heterocycles. The Labute approximate surface area is 217 Å². The highest BCUT2D eigenvalue weighted by Crippen LogP contribution is 2.42. The summed E-state index contributed by atoms with van der Waals surface area (Å²) in [5.74, 6) is -2.82. The van der Waals surface area contributed by atoms with Crippen molar-refractivity contribution in [1.82, 2.24) is 15.3 Å². The highest BCUT2D eigenvalue weighted by molar-refractivity contribution is 5.93. The lowest BCUT2D eigenvalue weighted by atomic mass is 9.93. The fourth-order valence-corrected chi connectivity index (χ4v) is 3.54. The van der Waals surface area contributed by atoms with Crippen LogP contribution in [0.3, 0.4) is 0 Å². The monoisotopic (exact) mass is 556 g/mol. The Kier molecular flexibility index (Phi) is 8.79. The number of aromatic nitrogens is 2. The second-order valence-electron chi connectivity index (χ2n) is 8.24. The molecule has 0 aliphatic carbocycles. The molecule has 0 spiro atoms. The minimum atomic E-state index is -5.41. The Morgan fingerprint density at radius 2 is 1.79 bits per heavy atom. The zero-order chi connectivity index (χ0) is 29.0. The highest BCUT2D eigenvalue weighted by atomic mass is 19.4. The normalized spacial score (nSPS) is 13.2. The number of carbonyl (C=O) groups is 2. The van der Waals surface area contributed by atoms with Crippen molar-refractivity contribution in [3.63, 3.8) is 0 Å². The lowest BCUT2D eigenvalue weighted by molar-refractivity contribution is -0.265. The molecule has 0 radical (unpaired) electrons. The number of nitrogens with two attached hydrogens (primary N) is 1. The third kappa shape index (κ3) is 6.63. The van der Waals surface area contributed by atoms with Gasteiger partial charge in [-0.15, -0.1) is 0 Å². The van der Waals surface area contributed by atoms with E-state index in [1.54, 1.807) is 6.92 Å². The molecule has 0 aliphatic rings. The number of aliphatic hydroxyl groups is 1. The van der Waals surface area contributed by atoms with E-state index in [0.29, 0.717) is 0 Å². The number of ether oxygens (including phenoxy) is 1. The summed E-state index contributed by atoms with van der Waals surface area (Å²) >= 11 is 0. The highest BCUT2D eigenvalue weighted by Gasteiger charge is 2.56. The summed E-state index contributed by atoms with van der Waals surface area (Å²) in [5, 5.41) is 12.8. The number of nitrogens with zero attached hydrogens (tertiary/aromatic N) is 2. The van der Waals surface area contributed by atoms with Crippen LogP contribution in [0.15, 0.2) is 48.7 Å². The van der Waals surface area contributed by atoms with E-state index in [1.807, 2.05) is 5.32 Å². The molecule has 14 heteroatoms. The first-order valence-corrected chi connectivity index (χ1v) is 11.3. The number of primary amides is 1. The van der Waals surface area contributed by atoms with Gasteiger partial charge >= 0.3 is 6.18 Å². The summed E-state index contributed by atoms with van der Waals surface area (Å²) in [7, 11) is 0. The minimum absolute atomic E-state index is 0.0129. The van der Waals surface area contributed by atoms with Crippen molar-refractivity contribution in [1.29, 1.82) is 0 Å². The quantitative estimate of drug-likeness (QED) is 0.326. The number of nitrogens with one attached hydrogen (secondary N) is 1. The van der Waals surface area contributed by atoms with Gasteiger partial charge in [-0.1, -0.05) is 0 Å². The summed E-state index contributed by atoms with van der Waals surface area (Å²) in [5.41, 5.74) is -0.812. The van der Waals surface area contributed by atoms with Gasteiger partial charge in [0, 0.05) is 17.3 Å². The third-order valence-corrected chi connectivity index (χ3v) is 5.49. The van der Waals surface area contributed by atoms with E-state index in [0.717, 1.165) is 36.5 Å². The van der Waals surface area contributed by atoms with Crippen molar-refractivity contribution in [3.8, 4) is 17.0 Å². The predicted molar refractivity (Wildman–Crippen MR) is 125 cm³/mol. The second kappa shape index (κ2) is 11.7. The van der Waals surface area contributed by atoms with Gasteiger partial charge in [0.25, 0.3) is 12.3 Å². The Bertz CT molecular complexity index is 1330. The largest absolute Gasteiger partial charge is 0.491 e. The van der Waals surface area contributed by atoms with Gasteiger partial charge in [0.2, 0.25) is 11.5 Å². The fraction of sp³-hybridized carbons (Fsp3) is 0.280. The van der Waals surface area contributed by atoms with Gasteiger partial charge in [-0.3, -0.25) is 14.6 Å². The van der Waals surface area contributed by atoms with Gasteiger partial charge in [-0.05, 0) is 49.4 Å². The molecular weight excluding hydrogens is 534 g/mol. The van der Waals surface area contributed by atoms with Crippen molar-refractivity contribution in [2.45, 2.75) is 31.5 Å². The zero-order valence-corrected chi connectivity index (χ0v) is 20.2. The van der Waals surface area contributed by atoms with Gasteiger partial charge < -0.3 is 20.9 Å². The molecule has 0 saturated carbocycles. The number of halogens is 6. The summed E-state index contributed by atoms with van der Waals surface area (Å²) in [6, 6.07) is 7.01. The lowest BCUT2D eigenvalue weighted by Crippen LogP contribution is -2.51. The number of benzene rings is 1. The molecule has 4 N–H and O–H groups in total. The average molecular weight is 556 g/mol. The molecule has 39 heavy (non-hydrogen) atoms. The summed E-state index contributed by atoms with van der Waals surface area (Å²) in [6.45, 7) is 0.130. The summed E-state index contributed by atoms with van der Waals surface area (Å²) < 4.78 is 87.4. The third-order valence-electron chi connectivity index (χ3n) is 5.49. The predicted octanol–water partition coefficient (Wildman–Crippen LogP) is 3.83. The molecular formula is C25H22F6N4O4. The molecule has 0 unspecified atom stereocenters. The molecule has 0 fully saturated rings. The lowest BCUT2D eigenvalue weighted by Gasteiger charge is -2.31. The van der Waals surface area contributed by atoms with Crippen molar-refractivity contribution in [2.75, 3.05) is 13.2 Å². The molecule has 1 aromatic carbocycles. The first-order valence-electron chi connectivity index (χ1n) is 11.3. The van der Waals surface area contributed by atoms with E-state index in [9.17, 15) is 41.0 Å². The Hall–Kier alpha value is -4.20. The van der Waals surface area contributed by atoms with Crippen LogP contribution in [-0.4, -0.2) is 46.2 Å². The van der Waals surface area contributed by atoms with Gasteiger partial charge in [0.15, 0.2) is 0 Å². The van der Waals surface area contributed by atoms with Gasteiger partial charge in [0.1, 0.15) is 23.0 Å². The Morgan fingerprint density at radius 1 is 1.13 bits per heavy atom. The van der Waals surface area contributed by atoms with Crippen LogP contribution in [0.5, 0.6) is 5.75 Å². The van der Waals surface area contributed by atoms with Crippen LogP contribution in [0.1, 0.15) is 40.7 Å². The van der Waals surface area contributed by atoms with Gasteiger partial charge in [-0.25, -0.2) is 18.2 Å². The maximum atomic E-state index is 14.3. The number of rotatable bonds is 10. The van der Waals surface area contributed by atoms with E-state index in [1.165, 1.54) is 12.1 Å². The molecule has 0 bridgehead atoms. The maximum Gasteiger partial charge on any atom is 0.424 e. The topological polar surface area (TPSA) is 127 Å². The number of alkyl halides is 5. The number of hydrogen-bond acceptors (Lipinski definition) is 6. The van der Waals surface area contributed by atoms with E-state index in [-0.39, 0.29) is 34.7 Å². The van der Waals surface area contributed by atoms with Crippen LogP contribution < -0.4 is 15.8 Å². The molecule has 3 aromatic rings.